The van der Waals surface area contributed by atoms with E-state index in [2.05, 4.69) is 0 Å². The second kappa shape index (κ2) is 5.71. The second-order valence-electron chi connectivity index (χ2n) is 6.48. The first-order valence-electron chi connectivity index (χ1n) is 7.77. The van der Waals surface area contributed by atoms with Crippen LogP contribution < -0.4 is 0 Å². The lowest BCUT2D eigenvalue weighted by molar-refractivity contribution is -0.141. The number of hydrogen-bond donors (Lipinski definition) is 1. The van der Waals surface area contributed by atoms with Gasteiger partial charge in [-0.1, -0.05) is 31.0 Å². The van der Waals surface area contributed by atoms with Gasteiger partial charge in [0.1, 0.15) is 5.82 Å². The van der Waals surface area contributed by atoms with Crippen LogP contribution in [0.15, 0.2) is 24.3 Å². The van der Waals surface area contributed by atoms with Crippen LogP contribution in [0.3, 0.4) is 0 Å². The van der Waals surface area contributed by atoms with Crippen molar-refractivity contribution in [1.29, 1.82) is 0 Å². The van der Waals surface area contributed by atoms with Gasteiger partial charge in [-0.2, -0.15) is 0 Å². The van der Waals surface area contributed by atoms with Crippen molar-refractivity contribution >= 4 is 11.9 Å². The Morgan fingerprint density at radius 3 is 2.59 bits per heavy atom. The SMILES string of the molecule is O=C(O)C1CC(=O)N(CC2(c3ccccc3F)CCCC2)C1. The number of likely N-dealkylation sites (tertiary alicyclic amines) is 1. The van der Waals surface area contributed by atoms with Gasteiger partial charge in [-0.15, -0.1) is 0 Å². The molecule has 2 aliphatic rings. The first kappa shape index (κ1) is 15.0. The quantitative estimate of drug-likeness (QED) is 0.930. The van der Waals surface area contributed by atoms with Gasteiger partial charge in [0.15, 0.2) is 0 Å². The zero-order chi connectivity index (χ0) is 15.7. The van der Waals surface area contributed by atoms with Gasteiger partial charge < -0.3 is 10.0 Å². The van der Waals surface area contributed by atoms with Crippen LogP contribution in [0, 0.1) is 11.7 Å². The molecular weight excluding hydrogens is 285 g/mol. The van der Waals surface area contributed by atoms with Crippen LogP contribution in [0.1, 0.15) is 37.7 Å². The fourth-order valence-corrected chi connectivity index (χ4v) is 3.91. The van der Waals surface area contributed by atoms with E-state index in [-0.39, 0.29) is 30.1 Å². The molecule has 1 aliphatic carbocycles. The van der Waals surface area contributed by atoms with Crippen LogP contribution >= 0.6 is 0 Å². The average molecular weight is 305 g/mol. The molecule has 1 saturated carbocycles. The van der Waals surface area contributed by atoms with Crippen LogP contribution in [-0.2, 0) is 15.0 Å². The van der Waals surface area contributed by atoms with E-state index in [4.69, 9.17) is 5.11 Å². The molecule has 0 spiro atoms. The van der Waals surface area contributed by atoms with Crippen LogP contribution in [-0.4, -0.2) is 35.0 Å². The van der Waals surface area contributed by atoms with Gasteiger partial charge in [-0.25, -0.2) is 4.39 Å². The van der Waals surface area contributed by atoms with Gasteiger partial charge in [0.25, 0.3) is 0 Å². The van der Waals surface area contributed by atoms with Crippen LogP contribution in [0.2, 0.25) is 0 Å². The molecule has 1 aromatic rings. The van der Waals surface area contributed by atoms with Crippen LogP contribution in [0.4, 0.5) is 4.39 Å². The molecule has 22 heavy (non-hydrogen) atoms. The molecule has 2 fully saturated rings. The predicted molar refractivity (Wildman–Crippen MR) is 78.9 cm³/mol. The number of carbonyl (C=O) groups is 2. The maximum absolute atomic E-state index is 14.3. The summed E-state index contributed by atoms with van der Waals surface area (Å²) < 4.78 is 14.3. The molecule has 1 aromatic carbocycles. The van der Waals surface area contributed by atoms with E-state index in [1.54, 1.807) is 17.0 Å². The predicted octanol–water partition coefficient (Wildman–Crippen LogP) is 2.57. The van der Waals surface area contributed by atoms with Crippen molar-refractivity contribution in [2.75, 3.05) is 13.1 Å². The minimum Gasteiger partial charge on any atom is -0.481 e. The molecule has 0 aromatic heterocycles. The Labute approximate surface area is 128 Å². The van der Waals surface area contributed by atoms with E-state index >= 15 is 0 Å². The van der Waals surface area contributed by atoms with E-state index in [0.717, 1.165) is 25.7 Å². The van der Waals surface area contributed by atoms with Crippen molar-refractivity contribution in [1.82, 2.24) is 4.90 Å². The van der Waals surface area contributed by atoms with E-state index in [0.29, 0.717) is 12.1 Å². The molecule has 1 heterocycles. The van der Waals surface area contributed by atoms with Crippen molar-refractivity contribution < 1.29 is 19.1 Å². The summed E-state index contributed by atoms with van der Waals surface area (Å²) in [6.45, 7) is 0.668. The topological polar surface area (TPSA) is 57.6 Å². The first-order chi connectivity index (χ1) is 10.5. The number of amides is 1. The van der Waals surface area contributed by atoms with Gasteiger partial charge >= 0.3 is 5.97 Å². The summed E-state index contributed by atoms with van der Waals surface area (Å²) >= 11 is 0. The zero-order valence-electron chi connectivity index (χ0n) is 12.4. The number of benzene rings is 1. The maximum atomic E-state index is 14.3. The molecule has 1 saturated heterocycles. The second-order valence-corrected chi connectivity index (χ2v) is 6.48. The molecule has 1 aliphatic heterocycles. The van der Waals surface area contributed by atoms with Crippen LogP contribution in [0.25, 0.3) is 0 Å². The van der Waals surface area contributed by atoms with Gasteiger partial charge in [0, 0.05) is 24.9 Å². The summed E-state index contributed by atoms with van der Waals surface area (Å²) in [5.74, 6) is -1.92. The number of halogens is 1. The number of carboxylic acid groups (broad SMARTS) is 1. The summed E-state index contributed by atoms with van der Waals surface area (Å²) in [7, 11) is 0. The molecule has 1 atom stereocenters. The molecule has 118 valence electrons. The Hall–Kier alpha value is -1.91. The molecule has 1 N–H and O–H groups in total. The molecule has 1 amide bonds. The minimum absolute atomic E-state index is 0.0582. The molecule has 4 nitrogen and oxygen atoms in total. The van der Waals surface area contributed by atoms with E-state index in [1.807, 2.05) is 6.07 Å². The number of carboxylic acids is 1. The number of nitrogens with zero attached hydrogens (tertiary/aromatic N) is 1. The largest absolute Gasteiger partial charge is 0.481 e. The summed E-state index contributed by atoms with van der Waals surface area (Å²) in [4.78, 5) is 24.8. The van der Waals surface area contributed by atoms with Crippen molar-refractivity contribution in [2.24, 2.45) is 5.92 Å². The Kier molecular flexibility index (Phi) is 3.89. The van der Waals surface area contributed by atoms with Gasteiger partial charge in [-0.3, -0.25) is 9.59 Å². The van der Waals surface area contributed by atoms with Crippen LogP contribution in [0.5, 0.6) is 0 Å². The molecule has 0 radical (unpaired) electrons. The third kappa shape index (κ3) is 2.60. The van der Waals surface area contributed by atoms with E-state index < -0.39 is 11.9 Å². The molecule has 3 rings (SSSR count). The zero-order valence-corrected chi connectivity index (χ0v) is 12.4. The molecule has 1 unspecified atom stereocenters. The number of rotatable bonds is 4. The fourth-order valence-electron chi connectivity index (χ4n) is 3.91. The lowest BCUT2D eigenvalue weighted by Crippen LogP contribution is -2.41. The smallest absolute Gasteiger partial charge is 0.308 e. The summed E-state index contributed by atoms with van der Waals surface area (Å²) in [5, 5.41) is 9.10. The third-order valence-electron chi connectivity index (χ3n) is 5.06. The highest BCUT2D eigenvalue weighted by Gasteiger charge is 2.43. The number of carbonyl (C=O) groups excluding carboxylic acids is 1. The number of hydrogen-bond acceptors (Lipinski definition) is 2. The van der Waals surface area contributed by atoms with Crippen molar-refractivity contribution in [3.8, 4) is 0 Å². The van der Waals surface area contributed by atoms with Gasteiger partial charge in [-0.05, 0) is 24.5 Å². The average Bonchev–Trinajstić information content (AvgIpc) is 3.08. The highest BCUT2D eigenvalue weighted by Crippen LogP contribution is 2.43. The van der Waals surface area contributed by atoms with E-state index in [1.165, 1.54) is 6.07 Å². The molecule has 5 heteroatoms. The maximum Gasteiger partial charge on any atom is 0.308 e. The standard InChI is InChI=1S/C17H20FNO3/c18-14-6-2-1-5-13(14)17(7-3-4-8-17)11-19-10-12(16(21)22)9-15(19)20/h1-2,5-6,12H,3-4,7-11H2,(H,21,22). The first-order valence-corrected chi connectivity index (χ1v) is 7.77. The summed E-state index contributed by atoms with van der Waals surface area (Å²) in [6, 6.07) is 6.75. The Balaban J connectivity index is 1.86. The normalized spacial score (nSPS) is 24.0. The Morgan fingerprint density at radius 1 is 1.32 bits per heavy atom. The van der Waals surface area contributed by atoms with E-state index in [9.17, 15) is 14.0 Å². The third-order valence-corrected chi connectivity index (χ3v) is 5.06. The highest BCUT2D eigenvalue weighted by molar-refractivity contribution is 5.86. The lowest BCUT2D eigenvalue weighted by atomic mass is 9.78. The van der Waals surface area contributed by atoms with Gasteiger partial charge in [0.05, 0.1) is 5.92 Å². The highest BCUT2D eigenvalue weighted by atomic mass is 19.1. The van der Waals surface area contributed by atoms with Crippen molar-refractivity contribution in [2.45, 2.75) is 37.5 Å². The lowest BCUT2D eigenvalue weighted by Gasteiger charge is -2.34. The fraction of sp³-hybridized carbons (Fsp3) is 0.529. The summed E-state index contributed by atoms with van der Waals surface area (Å²) in [5.41, 5.74) is 0.299. The Bertz CT molecular complexity index is 595. The monoisotopic (exact) mass is 305 g/mol. The van der Waals surface area contributed by atoms with Crippen molar-refractivity contribution in [3.63, 3.8) is 0 Å². The van der Waals surface area contributed by atoms with Crippen molar-refractivity contribution in [3.05, 3.63) is 35.6 Å². The number of aliphatic carboxylic acids is 1. The van der Waals surface area contributed by atoms with Gasteiger partial charge in [0.2, 0.25) is 5.91 Å². The summed E-state index contributed by atoms with van der Waals surface area (Å²) in [6.07, 6.45) is 3.77. The Morgan fingerprint density at radius 2 is 2.00 bits per heavy atom. The minimum atomic E-state index is -0.929. The molecule has 0 bridgehead atoms. The molecular formula is C17H20FNO3.